The minimum Gasteiger partial charge on any atom is -0.462 e. The zero-order valence-corrected chi connectivity index (χ0v) is 18.9. The first-order valence-electron chi connectivity index (χ1n) is 9.41. The molecule has 31 heavy (non-hydrogen) atoms. The van der Waals surface area contributed by atoms with Crippen LogP contribution in [0.4, 0.5) is 9.80 Å². The van der Waals surface area contributed by atoms with Crippen molar-refractivity contribution in [1.82, 2.24) is 4.90 Å². The van der Waals surface area contributed by atoms with E-state index in [0.29, 0.717) is 18.0 Å². The second-order valence-corrected chi connectivity index (χ2v) is 9.94. The molecule has 1 aromatic carbocycles. The molecule has 9 nitrogen and oxygen atoms in total. The first-order chi connectivity index (χ1) is 14.7. The highest BCUT2D eigenvalue weighted by Crippen LogP contribution is 2.38. The monoisotopic (exact) mass is 466 g/mol. The molecule has 0 fully saturated rings. The maximum atomic E-state index is 12.7. The molecule has 0 radical (unpaired) electrons. The van der Waals surface area contributed by atoms with Gasteiger partial charge in [-0.1, -0.05) is 0 Å². The van der Waals surface area contributed by atoms with Crippen LogP contribution in [0.2, 0.25) is 0 Å². The molecule has 0 spiro atoms. The lowest BCUT2D eigenvalue weighted by Crippen LogP contribution is -2.35. The van der Waals surface area contributed by atoms with Crippen molar-refractivity contribution in [3.05, 3.63) is 45.8 Å². The zero-order valence-electron chi connectivity index (χ0n) is 17.3. The Bertz CT molecular complexity index is 1120. The van der Waals surface area contributed by atoms with E-state index in [1.165, 1.54) is 47.6 Å². The van der Waals surface area contributed by atoms with Crippen molar-refractivity contribution in [2.45, 2.75) is 24.8 Å². The predicted octanol–water partition coefficient (Wildman–Crippen LogP) is 2.71. The molecular weight excluding hydrogens is 444 g/mol. The number of rotatable bonds is 5. The van der Waals surface area contributed by atoms with Gasteiger partial charge in [0.2, 0.25) is 0 Å². The maximum Gasteiger partial charge on any atom is 0.409 e. The minimum atomic E-state index is -3.38. The number of ether oxygens (including phenoxy) is 2. The number of fused-ring (bicyclic) bond motifs is 1. The molecule has 2 aromatic rings. The fourth-order valence-corrected chi connectivity index (χ4v) is 5.10. The summed E-state index contributed by atoms with van der Waals surface area (Å²) in [6.07, 6.45) is 1.04. The van der Waals surface area contributed by atoms with Gasteiger partial charge in [-0.05, 0) is 43.2 Å². The second kappa shape index (κ2) is 9.06. The number of thiophene rings is 1. The molecule has 166 valence electrons. The standard InChI is InChI=1S/C20H22N2O7S2/c1-4-29-19(24)16-14-9-10-22(20(25)28-2)11-15(14)30-18(16)21-17(23)12-5-7-13(8-6-12)31(3,26)27/h5-8H,4,9-11H2,1-3H3,(H,21,23). The fourth-order valence-electron chi connectivity index (χ4n) is 3.22. The minimum absolute atomic E-state index is 0.103. The lowest BCUT2D eigenvalue weighted by Gasteiger charge is -2.25. The Hall–Kier alpha value is -2.92. The molecule has 0 atom stereocenters. The Morgan fingerprint density at radius 2 is 1.87 bits per heavy atom. The molecule has 0 bridgehead atoms. The number of hydrogen-bond acceptors (Lipinski definition) is 8. The molecule has 0 saturated carbocycles. The van der Waals surface area contributed by atoms with Gasteiger partial charge in [0.15, 0.2) is 9.84 Å². The number of anilines is 1. The highest BCUT2D eigenvalue weighted by atomic mass is 32.2. The number of nitrogens with zero attached hydrogens (tertiary/aromatic N) is 1. The average molecular weight is 467 g/mol. The van der Waals surface area contributed by atoms with Gasteiger partial charge in [0.05, 0.1) is 30.7 Å². The Morgan fingerprint density at radius 1 is 1.19 bits per heavy atom. The topological polar surface area (TPSA) is 119 Å². The van der Waals surface area contributed by atoms with Crippen LogP contribution in [0.5, 0.6) is 0 Å². The van der Waals surface area contributed by atoms with Gasteiger partial charge in [-0.2, -0.15) is 0 Å². The quantitative estimate of drug-likeness (QED) is 0.673. The number of carbonyl (C=O) groups is 3. The number of benzene rings is 1. The van der Waals surface area contributed by atoms with Gasteiger partial charge < -0.3 is 19.7 Å². The van der Waals surface area contributed by atoms with Gasteiger partial charge in [-0.15, -0.1) is 11.3 Å². The first kappa shape index (κ1) is 22.8. The summed E-state index contributed by atoms with van der Waals surface area (Å²) in [7, 11) is -2.08. The van der Waals surface area contributed by atoms with E-state index in [-0.39, 0.29) is 29.2 Å². The summed E-state index contributed by atoms with van der Waals surface area (Å²) in [5.41, 5.74) is 1.27. The third-order valence-electron chi connectivity index (χ3n) is 4.74. The molecule has 1 aromatic heterocycles. The summed E-state index contributed by atoms with van der Waals surface area (Å²) in [4.78, 5) is 39.6. The molecule has 0 unspecified atom stereocenters. The van der Waals surface area contributed by atoms with E-state index < -0.39 is 27.8 Å². The number of esters is 1. The lowest BCUT2D eigenvalue weighted by atomic mass is 10.0. The number of nitrogens with one attached hydrogen (secondary N) is 1. The summed E-state index contributed by atoms with van der Waals surface area (Å²) in [5, 5.41) is 3.06. The molecular formula is C20H22N2O7S2. The van der Waals surface area contributed by atoms with Crippen LogP contribution in [-0.2, 0) is 32.3 Å². The maximum absolute atomic E-state index is 12.7. The molecule has 1 aliphatic heterocycles. The zero-order chi connectivity index (χ0) is 22.8. The summed E-state index contributed by atoms with van der Waals surface area (Å²) in [6.45, 7) is 2.51. The van der Waals surface area contributed by atoms with E-state index in [0.717, 1.165) is 16.7 Å². The average Bonchev–Trinajstić information content (AvgIpc) is 3.09. The largest absolute Gasteiger partial charge is 0.462 e. The third-order valence-corrected chi connectivity index (χ3v) is 7.00. The van der Waals surface area contributed by atoms with Gasteiger partial charge in [0, 0.05) is 23.2 Å². The van der Waals surface area contributed by atoms with Crippen LogP contribution in [-0.4, -0.2) is 57.8 Å². The van der Waals surface area contributed by atoms with Crippen molar-refractivity contribution in [1.29, 1.82) is 0 Å². The smallest absolute Gasteiger partial charge is 0.409 e. The van der Waals surface area contributed by atoms with Crippen LogP contribution in [0.25, 0.3) is 0 Å². The molecule has 3 rings (SSSR count). The first-order valence-corrected chi connectivity index (χ1v) is 12.1. The van der Waals surface area contributed by atoms with Crippen LogP contribution < -0.4 is 5.32 Å². The van der Waals surface area contributed by atoms with Crippen molar-refractivity contribution in [2.24, 2.45) is 0 Å². The molecule has 2 amide bonds. The van der Waals surface area contributed by atoms with Crippen LogP contribution in [0.15, 0.2) is 29.2 Å². The number of amides is 2. The van der Waals surface area contributed by atoms with Crippen molar-refractivity contribution >= 4 is 44.1 Å². The fraction of sp³-hybridized carbons (Fsp3) is 0.350. The van der Waals surface area contributed by atoms with Crippen LogP contribution in [0.1, 0.15) is 38.1 Å². The van der Waals surface area contributed by atoms with E-state index in [9.17, 15) is 22.8 Å². The van der Waals surface area contributed by atoms with Crippen molar-refractivity contribution in [2.75, 3.05) is 31.8 Å². The van der Waals surface area contributed by atoms with E-state index in [1.54, 1.807) is 6.92 Å². The Kier molecular flexibility index (Phi) is 6.65. The summed E-state index contributed by atoms with van der Waals surface area (Å²) in [6, 6.07) is 5.51. The van der Waals surface area contributed by atoms with Gasteiger partial charge in [-0.25, -0.2) is 18.0 Å². The molecule has 1 aliphatic rings. The number of carbonyl (C=O) groups excluding carboxylic acids is 3. The van der Waals surface area contributed by atoms with E-state index >= 15 is 0 Å². The number of hydrogen-bond donors (Lipinski definition) is 1. The lowest BCUT2D eigenvalue weighted by molar-refractivity contribution is 0.0526. The summed E-state index contributed by atoms with van der Waals surface area (Å²) in [5.74, 6) is -1.04. The van der Waals surface area contributed by atoms with Crippen LogP contribution in [0, 0.1) is 0 Å². The Labute approximate surface area is 183 Å². The predicted molar refractivity (Wildman–Crippen MR) is 114 cm³/mol. The molecule has 0 saturated heterocycles. The van der Waals surface area contributed by atoms with E-state index in [4.69, 9.17) is 9.47 Å². The highest BCUT2D eigenvalue weighted by Gasteiger charge is 2.31. The van der Waals surface area contributed by atoms with Crippen molar-refractivity contribution < 1.29 is 32.3 Å². The van der Waals surface area contributed by atoms with Crippen molar-refractivity contribution in [3.63, 3.8) is 0 Å². The second-order valence-electron chi connectivity index (χ2n) is 6.82. The summed E-state index contributed by atoms with van der Waals surface area (Å²) < 4.78 is 33.2. The molecule has 0 aliphatic carbocycles. The number of sulfone groups is 1. The number of methoxy groups -OCH3 is 1. The Balaban J connectivity index is 1.91. The van der Waals surface area contributed by atoms with Crippen LogP contribution in [0.3, 0.4) is 0 Å². The molecule has 1 N–H and O–H groups in total. The van der Waals surface area contributed by atoms with Crippen LogP contribution >= 0.6 is 11.3 Å². The van der Waals surface area contributed by atoms with Gasteiger partial charge in [-0.3, -0.25) is 4.79 Å². The van der Waals surface area contributed by atoms with Crippen molar-refractivity contribution in [3.8, 4) is 0 Å². The van der Waals surface area contributed by atoms with E-state index in [2.05, 4.69) is 5.32 Å². The Morgan fingerprint density at radius 3 is 2.45 bits per heavy atom. The normalized spacial score (nSPS) is 13.3. The molecule has 11 heteroatoms. The highest BCUT2D eigenvalue weighted by molar-refractivity contribution is 7.90. The van der Waals surface area contributed by atoms with Gasteiger partial charge in [0.25, 0.3) is 5.91 Å². The van der Waals surface area contributed by atoms with Gasteiger partial charge >= 0.3 is 12.1 Å². The summed E-state index contributed by atoms with van der Waals surface area (Å²) >= 11 is 1.20. The SMILES string of the molecule is CCOC(=O)c1c(NC(=O)c2ccc(S(C)(=O)=O)cc2)sc2c1CCN(C(=O)OC)C2. The van der Waals surface area contributed by atoms with Gasteiger partial charge in [0.1, 0.15) is 5.00 Å². The van der Waals surface area contributed by atoms with E-state index in [1.807, 2.05) is 0 Å². The third kappa shape index (κ3) is 4.88. The molecule has 2 heterocycles.